The van der Waals surface area contributed by atoms with E-state index in [9.17, 15) is 4.79 Å². The van der Waals surface area contributed by atoms with E-state index in [4.69, 9.17) is 9.47 Å². The topological polar surface area (TPSA) is 38.8 Å². The molecular formula is C26H29NO3. The van der Waals surface area contributed by atoms with Crippen molar-refractivity contribution in [2.45, 2.75) is 32.0 Å². The van der Waals surface area contributed by atoms with Crippen molar-refractivity contribution in [3.63, 3.8) is 0 Å². The van der Waals surface area contributed by atoms with Gasteiger partial charge in [-0.05, 0) is 35.7 Å². The number of hydrogen-bond donors (Lipinski definition) is 0. The van der Waals surface area contributed by atoms with Crippen molar-refractivity contribution in [3.8, 4) is 5.75 Å². The van der Waals surface area contributed by atoms with E-state index in [0.29, 0.717) is 6.54 Å². The third kappa shape index (κ3) is 5.49. The maximum atomic E-state index is 12.4. The zero-order valence-corrected chi connectivity index (χ0v) is 17.8. The average Bonchev–Trinajstić information content (AvgIpc) is 2.82. The number of methoxy groups -OCH3 is 2. The van der Waals surface area contributed by atoms with Gasteiger partial charge < -0.3 is 9.47 Å². The Kier molecular flexibility index (Phi) is 7.63. The number of nitrogens with zero attached hydrogens (tertiary/aromatic N) is 1. The molecule has 3 rings (SSSR count). The average molecular weight is 404 g/mol. The van der Waals surface area contributed by atoms with E-state index >= 15 is 0 Å². The molecule has 0 bridgehead atoms. The van der Waals surface area contributed by atoms with Crippen molar-refractivity contribution in [1.82, 2.24) is 4.90 Å². The van der Waals surface area contributed by atoms with Gasteiger partial charge in [-0.1, -0.05) is 72.8 Å². The zero-order chi connectivity index (χ0) is 21.3. The van der Waals surface area contributed by atoms with Crippen LogP contribution in [0.4, 0.5) is 0 Å². The number of rotatable bonds is 9. The number of ether oxygens (including phenoxy) is 2. The summed E-state index contributed by atoms with van der Waals surface area (Å²) in [6.45, 7) is 2.90. The lowest BCUT2D eigenvalue weighted by molar-refractivity contribution is -0.142. The molecule has 0 radical (unpaired) electrons. The lowest BCUT2D eigenvalue weighted by Crippen LogP contribution is -2.33. The van der Waals surface area contributed by atoms with Gasteiger partial charge in [-0.2, -0.15) is 0 Å². The Hall–Kier alpha value is -3.11. The van der Waals surface area contributed by atoms with Crippen LogP contribution in [0.3, 0.4) is 0 Å². The maximum Gasteiger partial charge on any atom is 0.307 e. The van der Waals surface area contributed by atoms with Crippen molar-refractivity contribution < 1.29 is 14.3 Å². The van der Waals surface area contributed by atoms with Crippen LogP contribution in [-0.2, 0) is 16.1 Å². The minimum absolute atomic E-state index is 0.100. The molecule has 0 unspecified atom stereocenters. The van der Waals surface area contributed by atoms with Gasteiger partial charge in [0.15, 0.2) is 0 Å². The molecular weight excluding hydrogens is 374 g/mol. The first-order chi connectivity index (χ1) is 14.6. The van der Waals surface area contributed by atoms with E-state index in [1.807, 2.05) is 48.5 Å². The largest absolute Gasteiger partial charge is 0.497 e. The first kappa shape index (κ1) is 21.6. The molecule has 4 heteroatoms. The Morgan fingerprint density at radius 3 is 2.00 bits per heavy atom. The summed E-state index contributed by atoms with van der Waals surface area (Å²) in [4.78, 5) is 14.7. The second-order valence-corrected chi connectivity index (χ2v) is 7.31. The normalized spacial score (nSPS) is 12.9. The van der Waals surface area contributed by atoms with Crippen LogP contribution in [0, 0.1) is 0 Å². The van der Waals surface area contributed by atoms with Crippen LogP contribution in [0.5, 0.6) is 5.75 Å². The third-order valence-corrected chi connectivity index (χ3v) is 5.48. The molecule has 30 heavy (non-hydrogen) atoms. The molecule has 0 aliphatic rings. The van der Waals surface area contributed by atoms with E-state index in [-0.39, 0.29) is 24.5 Å². The smallest absolute Gasteiger partial charge is 0.307 e. The highest BCUT2D eigenvalue weighted by molar-refractivity contribution is 5.70. The van der Waals surface area contributed by atoms with Gasteiger partial charge in [0.2, 0.25) is 0 Å². The van der Waals surface area contributed by atoms with E-state index in [2.05, 4.69) is 48.2 Å². The summed E-state index contributed by atoms with van der Waals surface area (Å²) < 4.78 is 10.4. The van der Waals surface area contributed by atoms with Crippen LogP contribution in [0.15, 0.2) is 84.9 Å². The number of carbonyl (C=O) groups is 1. The summed E-state index contributed by atoms with van der Waals surface area (Å²) >= 11 is 0. The van der Waals surface area contributed by atoms with Gasteiger partial charge in [-0.25, -0.2) is 0 Å². The third-order valence-electron chi connectivity index (χ3n) is 5.48. The van der Waals surface area contributed by atoms with Gasteiger partial charge in [0.25, 0.3) is 0 Å². The molecule has 0 fully saturated rings. The van der Waals surface area contributed by atoms with Crippen molar-refractivity contribution >= 4 is 5.97 Å². The number of hydrogen-bond acceptors (Lipinski definition) is 4. The highest BCUT2D eigenvalue weighted by atomic mass is 16.5. The standard InChI is InChI=1S/C26H29NO3/c1-20(22-12-8-5-9-13-22)27(19-21-10-6-4-7-11-21)25(18-26(28)30-3)23-14-16-24(29-2)17-15-23/h4-17,20,25H,18-19H2,1-3H3/t20-,25+/m1/s1. The van der Waals surface area contributed by atoms with Gasteiger partial charge in [-0.3, -0.25) is 9.69 Å². The summed E-state index contributed by atoms with van der Waals surface area (Å²) in [6, 6.07) is 28.6. The van der Waals surface area contributed by atoms with Crippen molar-refractivity contribution in [2.24, 2.45) is 0 Å². The minimum Gasteiger partial charge on any atom is -0.497 e. The van der Waals surface area contributed by atoms with Gasteiger partial charge in [0.1, 0.15) is 5.75 Å². The quantitative estimate of drug-likeness (QED) is 0.438. The molecule has 0 aliphatic carbocycles. The van der Waals surface area contributed by atoms with Crippen LogP contribution < -0.4 is 4.74 Å². The van der Waals surface area contributed by atoms with E-state index in [1.54, 1.807) is 7.11 Å². The van der Waals surface area contributed by atoms with Crippen LogP contribution in [0.2, 0.25) is 0 Å². The van der Waals surface area contributed by atoms with Crippen LogP contribution in [-0.4, -0.2) is 25.1 Å². The number of benzene rings is 3. The fraction of sp³-hybridized carbons (Fsp3) is 0.269. The molecule has 0 N–H and O–H groups in total. The Bertz CT molecular complexity index is 910. The van der Waals surface area contributed by atoms with Gasteiger partial charge in [-0.15, -0.1) is 0 Å². The molecule has 3 aromatic carbocycles. The van der Waals surface area contributed by atoms with Crippen molar-refractivity contribution in [2.75, 3.05) is 14.2 Å². The second kappa shape index (κ2) is 10.6. The summed E-state index contributed by atoms with van der Waals surface area (Å²) in [5.74, 6) is 0.565. The highest BCUT2D eigenvalue weighted by Gasteiger charge is 2.28. The first-order valence-corrected chi connectivity index (χ1v) is 10.2. The highest BCUT2D eigenvalue weighted by Crippen LogP contribution is 2.35. The number of esters is 1. The maximum absolute atomic E-state index is 12.4. The fourth-order valence-electron chi connectivity index (χ4n) is 3.73. The molecule has 0 amide bonds. The van der Waals surface area contributed by atoms with Crippen LogP contribution in [0.1, 0.15) is 42.1 Å². The monoisotopic (exact) mass is 403 g/mol. The van der Waals surface area contributed by atoms with Crippen molar-refractivity contribution in [3.05, 3.63) is 102 Å². The van der Waals surface area contributed by atoms with Gasteiger partial charge >= 0.3 is 5.97 Å². The Labute approximate surface area is 179 Å². The second-order valence-electron chi connectivity index (χ2n) is 7.31. The molecule has 4 nitrogen and oxygen atoms in total. The van der Waals surface area contributed by atoms with Crippen LogP contribution in [0.25, 0.3) is 0 Å². The molecule has 0 saturated heterocycles. The predicted octanol–water partition coefficient (Wildman–Crippen LogP) is 5.56. The fourth-order valence-corrected chi connectivity index (χ4v) is 3.73. The van der Waals surface area contributed by atoms with E-state index in [1.165, 1.54) is 18.2 Å². The lowest BCUT2D eigenvalue weighted by Gasteiger charge is -2.37. The zero-order valence-electron chi connectivity index (χ0n) is 17.8. The Balaban J connectivity index is 2.02. The summed E-state index contributed by atoms with van der Waals surface area (Å²) in [5.41, 5.74) is 3.46. The molecule has 2 atom stereocenters. The Morgan fingerprint density at radius 1 is 0.833 bits per heavy atom. The van der Waals surface area contributed by atoms with E-state index < -0.39 is 0 Å². The molecule has 0 spiro atoms. The summed E-state index contributed by atoms with van der Waals surface area (Å²) in [5, 5.41) is 0. The SMILES string of the molecule is COC(=O)C[C@@H](c1ccc(OC)cc1)N(Cc1ccccc1)[C@H](C)c1ccccc1. The summed E-state index contributed by atoms with van der Waals surface area (Å²) in [6.07, 6.45) is 0.271. The molecule has 0 aliphatic heterocycles. The summed E-state index contributed by atoms with van der Waals surface area (Å²) in [7, 11) is 3.09. The molecule has 156 valence electrons. The molecule has 0 saturated carbocycles. The van der Waals surface area contributed by atoms with E-state index in [0.717, 1.165) is 11.3 Å². The lowest BCUT2D eigenvalue weighted by atomic mass is 9.96. The molecule has 0 heterocycles. The van der Waals surface area contributed by atoms with Gasteiger partial charge in [0, 0.05) is 18.6 Å². The Morgan fingerprint density at radius 2 is 1.43 bits per heavy atom. The van der Waals surface area contributed by atoms with Gasteiger partial charge in [0.05, 0.1) is 20.6 Å². The molecule has 0 aromatic heterocycles. The van der Waals surface area contributed by atoms with Crippen LogP contribution >= 0.6 is 0 Å². The first-order valence-electron chi connectivity index (χ1n) is 10.2. The van der Waals surface area contributed by atoms with Crippen molar-refractivity contribution in [1.29, 1.82) is 0 Å². The minimum atomic E-state index is -0.228. The number of carbonyl (C=O) groups excluding carboxylic acids is 1. The molecule has 3 aromatic rings. The predicted molar refractivity (Wildman–Crippen MR) is 119 cm³/mol.